The molecule has 0 saturated carbocycles. The van der Waals surface area contributed by atoms with Crippen molar-refractivity contribution in [1.82, 2.24) is 0 Å². The predicted molar refractivity (Wildman–Crippen MR) is 78.8 cm³/mol. The normalized spacial score (nSPS) is 10.2. The summed E-state index contributed by atoms with van der Waals surface area (Å²) >= 11 is 0. The molecule has 0 fully saturated rings. The molecular weight excluding hydrogens is 252 g/mol. The summed E-state index contributed by atoms with van der Waals surface area (Å²) < 4.78 is 10.3. The topological polar surface area (TPSA) is 35.5 Å². The third-order valence-electron chi connectivity index (χ3n) is 3.25. The van der Waals surface area contributed by atoms with Crippen LogP contribution < -0.4 is 9.47 Å². The Hall–Kier alpha value is -2.29. The number of hydrogen-bond acceptors (Lipinski definition) is 3. The van der Waals surface area contributed by atoms with Gasteiger partial charge in [-0.15, -0.1) is 0 Å². The molecule has 20 heavy (non-hydrogen) atoms. The van der Waals surface area contributed by atoms with Gasteiger partial charge in [0.15, 0.2) is 5.78 Å². The quantitative estimate of drug-likeness (QED) is 0.781. The minimum absolute atomic E-state index is 0.0773. The van der Waals surface area contributed by atoms with Crippen LogP contribution >= 0.6 is 0 Å². The highest BCUT2D eigenvalue weighted by Gasteiger charge is 2.09. The van der Waals surface area contributed by atoms with E-state index in [0.717, 1.165) is 22.6 Å². The Kier molecular flexibility index (Phi) is 4.41. The first kappa shape index (κ1) is 14.1. The van der Waals surface area contributed by atoms with E-state index >= 15 is 0 Å². The molecule has 0 bridgehead atoms. The Labute approximate surface area is 119 Å². The van der Waals surface area contributed by atoms with E-state index in [1.54, 1.807) is 20.3 Å². The summed E-state index contributed by atoms with van der Waals surface area (Å²) in [5.41, 5.74) is 2.66. The van der Waals surface area contributed by atoms with Crippen LogP contribution in [0.15, 0.2) is 42.5 Å². The number of carbonyl (C=O) groups is 1. The van der Waals surface area contributed by atoms with Crippen molar-refractivity contribution in [1.29, 1.82) is 0 Å². The van der Waals surface area contributed by atoms with E-state index in [1.807, 2.05) is 43.3 Å². The van der Waals surface area contributed by atoms with Gasteiger partial charge in [-0.3, -0.25) is 4.79 Å². The molecule has 2 rings (SSSR count). The Bertz CT molecular complexity index is 600. The molecule has 104 valence electrons. The van der Waals surface area contributed by atoms with Gasteiger partial charge in [-0.1, -0.05) is 24.3 Å². The second-order valence-corrected chi connectivity index (χ2v) is 4.63. The van der Waals surface area contributed by atoms with Crippen LogP contribution in [0.25, 0.3) is 0 Å². The standard InChI is InChI=1S/C17H18O3/c1-12-4-7-14(11-17(12)20-3)16(18)10-13-5-8-15(19-2)9-6-13/h4-9,11H,10H2,1-3H3. The van der Waals surface area contributed by atoms with Crippen LogP contribution in [0.1, 0.15) is 21.5 Å². The van der Waals surface area contributed by atoms with Gasteiger partial charge < -0.3 is 9.47 Å². The molecule has 0 aliphatic carbocycles. The predicted octanol–water partition coefficient (Wildman–Crippen LogP) is 3.44. The van der Waals surface area contributed by atoms with Gasteiger partial charge in [0.25, 0.3) is 0 Å². The van der Waals surface area contributed by atoms with Crippen LogP contribution in [0.4, 0.5) is 0 Å². The number of carbonyl (C=O) groups excluding carboxylic acids is 1. The van der Waals surface area contributed by atoms with E-state index in [4.69, 9.17) is 9.47 Å². The summed E-state index contributed by atoms with van der Waals surface area (Å²) in [4.78, 5) is 12.3. The smallest absolute Gasteiger partial charge is 0.167 e. The molecule has 0 aliphatic heterocycles. The molecule has 0 saturated heterocycles. The Balaban J connectivity index is 2.14. The second kappa shape index (κ2) is 6.24. The van der Waals surface area contributed by atoms with Crippen molar-refractivity contribution in [2.45, 2.75) is 13.3 Å². The van der Waals surface area contributed by atoms with Crippen molar-refractivity contribution in [3.63, 3.8) is 0 Å². The summed E-state index contributed by atoms with van der Waals surface area (Å²) in [6, 6.07) is 13.1. The van der Waals surface area contributed by atoms with Crippen molar-refractivity contribution < 1.29 is 14.3 Å². The largest absolute Gasteiger partial charge is 0.497 e. The van der Waals surface area contributed by atoms with Crippen LogP contribution in [-0.2, 0) is 6.42 Å². The lowest BCUT2D eigenvalue weighted by Gasteiger charge is -2.07. The number of benzene rings is 2. The molecule has 0 N–H and O–H groups in total. The third kappa shape index (κ3) is 3.18. The number of Topliss-reactive ketones (excluding diaryl/α,β-unsaturated/α-hetero) is 1. The number of ether oxygens (including phenoxy) is 2. The maximum Gasteiger partial charge on any atom is 0.167 e. The molecule has 0 aromatic heterocycles. The van der Waals surface area contributed by atoms with E-state index in [2.05, 4.69) is 0 Å². The highest BCUT2D eigenvalue weighted by Crippen LogP contribution is 2.20. The van der Waals surface area contributed by atoms with E-state index in [1.165, 1.54) is 0 Å². The molecule has 0 heterocycles. The molecule has 0 spiro atoms. The fourth-order valence-corrected chi connectivity index (χ4v) is 2.02. The summed E-state index contributed by atoms with van der Waals surface area (Å²) in [6.45, 7) is 1.95. The highest BCUT2D eigenvalue weighted by atomic mass is 16.5. The van der Waals surface area contributed by atoms with E-state index in [0.29, 0.717) is 12.0 Å². The van der Waals surface area contributed by atoms with E-state index in [9.17, 15) is 4.79 Å². The molecule has 0 amide bonds. The molecule has 0 unspecified atom stereocenters. The summed E-state index contributed by atoms with van der Waals surface area (Å²) in [6.07, 6.45) is 0.371. The summed E-state index contributed by atoms with van der Waals surface area (Å²) in [7, 11) is 3.23. The fraction of sp³-hybridized carbons (Fsp3) is 0.235. The minimum atomic E-state index is 0.0773. The van der Waals surface area contributed by atoms with Crippen molar-refractivity contribution in [2.75, 3.05) is 14.2 Å². The molecular formula is C17H18O3. The first-order valence-corrected chi connectivity index (χ1v) is 6.45. The lowest BCUT2D eigenvalue weighted by molar-refractivity contribution is 0.0992. The molecule has 2 aromatic rings. The SMILES string of the molecule is COc1ccc(CC(=O)c2ccc(C)c(OC)c2)cc1. The maximum atomic E-state index is 12.3. The van der Waals surface area contributed by atoms with E-state index in [-0.39, 0.29) is 5.78 Å². The van der Waals surface area contributed by atoms with Gasteiger partial charge in [0.1, 0.15) is 11.5 Å². The van der Waals surface area contributed by atoms with Gasteiger partial charge in [-0.05, 0) is 36.2 Å². The number of ketones is 1. The first-order chi connectivity index (χ1) is 9.63. The first-order valence-electron chi connectivity index (χ1n) is 6.45. The monoisotopic (exact) mass is 270 g/mol. The number of methoxy groups -OCH3 is 2. The molecule has 3 nitrogen and oxygen atoms in total. The molecule has 0 radical (unpaired) electrons. The lowest BCUT2D eigenvalue weighted by atomic mass is 10.0. The Morgan fingerprint density at radius 2 is 1.70 bits per heavy atom. The van der Waals surface area contributed by atoms with Crippen molar-refractivity contribution in [2.24, 2.45) is 0 Å². The molecule has 2 aromatic carbocycles. The zero-order chi connectivity index (χ0) is 14.5. The second-order valence-electron chi connectivity index (χ2n) is 4.63. The lowest BCUT2D eigenvalue weighted by Crippen LogP contribution is -2.04. The molecule has 0 aliphatic rings. The summed E-state index contributed by atoms with van der Waals surface area (Å²) in [5, 5.41) is 0. The average Bonchev–Trinajstić information content (AvgIpc) is 2.48. The van der Waals surface area contributed by atoms with Crippen molar-refractivity contribution in [3.05, 3.63) is 59.2 Å². The van der Waals surface area contributed by atoms with Crippen molar-refractivity contribution in [3.8, 4) is 11.5 Å². The minimum Gasteiger partial charge on any atom is -0.497 e. The van der Waals surface area contributed by atoms with Crippen molar-refractivity contribution >= 4 is 5.78 Å². The Morgan fingerprint density at radius 1 is 1.00 bits per heavy atom. The summed E-state index contributed by atoms with van der Waals surface area (Å²) in [5.74, 6) is 1.61. The van der Waals surface area contributed by atoms with Crippen LogP contribution in [0.5, 0.6) is 11.5 Å². The highest BCUT2D eigenvalue weighted by molar-refractivity contribution is 5.98. The van der Waals surface area contributed by atoms with Gasteiger partial charge >= 0.3 is 0 Å². The number of aryl methyl sites for hydroxylation is 1. The zero-order valence-electron chi connectivity index (χ0n) is 12.0. The molecule has 3 heteroatoms. The Morgan fingerprint density at radius 3 is 2.30 bits per heavy atom. The zero-order valence-corrected chi connectivity index (χ0v) is 12.0. The van der Waals surface area contributed by atoms with Gasteiger partial charge in [0, 0.05) is 12.0 Å². The van der Waals surface area contributed by atoms with E-state index < -0.39 is 0 Å². The van der Waals surface area contributed by atoms with Gasteiger partial charge in [-0.2, -0.15) is 0 Å². The number of hydrogen-bond donors (Lipinski definition) is 0. The average molecular weight is 270 g/mol. The van der Waals surface area contributed by atoms with Gasteiger partial charge in [0.05, 0.1) is 14.2 Å². The third-order valence-corrected chi connectivity index (χ3v) is 3.25. The molecule has 0 atom stereocenters. The van der Waals surface area contributed by atoms with Gasteiger partial charge in [0.2, 0.25) is 0 Å². The van der Waals surface area contributed by atoms with Crippen LogP contribution in [0, 0.1) is 6.92 Å². The van der Waals surface area contributed by atoms with Crippen LogP contribution in [0.2, 0.25) is 0 Å². The van der Waals surface area contributed by atoms with Crippen LogP contribution in [0.3, 0.4) is 0 Å². The maximum absolute atomic E-state index is 12.3. The van der Waals surface area contributed by atoms with Gasteiger partial charge in [-0.25, -0.2) is 0 Å². The number of rotatable bonds is 5. The van der Waals surface area contributed by atoms with Crippen LogP contribution in [-0.4, -0.2) is 20.0 Å². The fourth-order valence-electron chi connectivity index (χ4n) is 2.02.